The van der Waals surface area contributed by atoms with Crippen LogP contribution in [-0.4, -0.2) is 24.6 Å². The van der Waals surface area contributed by atoms with Gasteiger partial charge in [-0.05, 0) is 37.1 Å². The Kier molecular flexibility index (Phi) is 3.92. The van der Waals surface area contributed by atoms with E-state index in [0.717, 1.165) is 40.2 Å². The maximum atomic E-state index is 11.0. The molecule has 1 N–H and O–H groups in total. The Morgan fingerprint density at radius 2 is 2.00 bits per heavy atom. The van der Waals surface area contributed by atoms with Gasteiger partial charge in [0.1, 0.15) is 11.3 Å². The van der Waals surface area contributed by atoms with Gasteiger partial charge >= 0.3 is 5.69 Å². The van der Waals surface area contributed by atoms with E-state index < -0.39 is 4.92 Å². The number of imidazole rings is 1. The summed E-state index contributed by atoms with van der Waals surface area (Å²) >= 11 is 0. The number of hydrogen-bond donors (Lipinski definition) is 1. The minimum Gasteiger partial charge on any atom is -0.502 e. The van der Waals surface area contributed by atoms with Crippen molar-refractivity contribution in [2.24, 2.45) is 0 Å². The van der Waals surface area contributed by atoms with Crippen molar-refractivity contribution in [1.82, 2.24) is 14.5 Å². The summed E-state index contributed by atoms with van der Waals surface area (Å²) in [6.07, 6.45) is 0.731. The molecule has 0 aliphatic heterocycles. The van der Waals surface area contributed by atoms with Gasteiger partial charge in [-0.1, -0.05) is 13.0 Å². The van der Waals surface area contributed by atoms with Crippen LogP contribution in [0.1, 0.15) is 29.6 Å². The topological polar surface area (TPSA) is 94.1 Å². The lowest BCUT2D eigenvalue weighted by Crippen LogP contribution is -2.06. The molecular weight excluding hydrogens is 308 g/mol. The average Bonchev–Trinajstić information content (AvgIpc) is 2.87. The number of hydrogen-bond acceptors (Lipinski definition) is 5. The van der Waals surface area contributed by atoms with Crippen LogP contribution in [0.2, 0.25) is 0 Å². The van der Waals surface area contributed by atoms with Crippen LogP contribution in [0.3, 0.4) is 0 Å². The zero-order chi connectivity index (χ0) is 17.4. The van der Waals surface area contributed by atoms with E-state index in [9.17, 15) is 15.2 Å². The zero-order valence-corrected chi connectivity index (χ0v) is 13.8. The number of fused-ring (bicyclic) bond motifs is 1. The fraction of sp³-hybridized carbons (Fsp3) is 0.294. The predicted octanol–water partition coefficient (Wildman–Crippen LogP) is 3.27. The molecule has 0 bridgehead atoms. The third-order valence-electron chi connectivity index (χ3n) is 3.99. The second-order valence-electron chi connectivity index (χ2n) is 5.80. The molecule has 0 fully saturated rings. The summed E-state index contributed by atoms with van der Waals surface area (Å²) < 4.78 is 1.98. The molecule has 7 heteroatoms. The van der Waals surface area contributed by atoms with E-state index in [0.29, 0.717) is 6.54 Å². The summed E-state index contributed by atoms with van der Waals surface area (Å²) in [5, 5.41) is 20.6. The molecule has 2 aromatic heterocycles. The molecule has 0 saturated carbocycles. The quantitative estimate of drug-likeness (QED) is 0.586. The number of pyridine rings is 1. The number of nitrogens with zero attached hydrogens (tertiary/aromatic N) is 4. The van der Waals surface area contributed by atoms with Crippen LogP contribution in [0.25, 0.3) is 11.2 Å². The third-order valence-corrected chi connectivity index (χ3v) is 3.99. The van der Waals surface area contributed by atoms with Crippen molar-refractivity contribution in [3.8, 4) is 5.75 Å². The molecule has 0 amide bonds. The Morgan fingerprint density at radius 3 is 2.67 bits per heavy atom. The van der Waals surface area contributed by atoms with Crippen LogP contribution in [0.15, 0.2) is 24.3 Å². The molecule has 124 valence electrons. The summed E-state index contributed by atoms with van der Waals surface area (Å²) in [5.74, 6) is 0.543. The number of aromatic hydroxyl groups is 1. The minimum absolute atomic E-state index is 0.296. The first-order chi connectivity index (χ1) is 11.4. The summed E-state index contributed by atoms with van der Waals surface area (Å²) in [6, 6.07) is 6.41. The molecular formula is C17H18N4O3. The lowest BCUT2D eigenvalue weighted by Gasteiger charge is -2.09. The molecule has 0 aliphatic carbocycles. The van der Waals surface area contributed by atoms with E-state index in [2.05, 4.69) is 9.97 Å². The summed E-state index contributed by atoms with van der Waals surface area (Å²) in [4.78, 5) is 19.7. The number of benzene rings is 1. The Labute approximate surface area is 138 Å². The Morgan fingerprint density at radius 1 is 1.25 bits per heavy atom. The highest BCUT2D eigenvalue weighted by Crippen LogP contribution is 2.28. The number of nitro benzene ring substituents is 1. The van der Waals surface area contributed by atoms with Gasteiger partial charge < -0.3 is 9.67 Å². The molecule has 0 radical (unpaired) electrons. The van der Waals surface area contributed by atoms with Gasteiger partial charge in [0.2, 0.25) is 0 Å². The molecule has 0 aliphatic rings. The number of aromatic nitrogens is 3. The van der Waals surface area contributed by atoms with Crippen LogP contribution in [0.5, 0.6) is 5.75 Å². The van der Waals surface area contributed by atoms with Crippen LogP contribution < -0.4 is 0 Å². The monoisotopic (exact) mass is 326 g/mol. The van der Waals surface area contributed by atoms with Gasteiger partial charge in [0.05, 0.1) is 11.5 Å². The highest BCUT2D eigenvalue weighted by molar-refractivity contribution is 5.76. The molecule has 0 saturated heterocycles. The van der Waals surface area contributed by atoms with Crippen molar-refractivity contribution in [2.75, 3.05) is 0 Å². The minimum atomic E-state index is -0.585. The van der Waals surface area contributed by atoms with Crippen molar-refractivity contribution < 1.29 is 10.0 Å². The van der Waals surface area contributed by atoms with E-state index in [1.165, 1.54) is 12.1 Å². The molecule has 24 heavy (non-hydrogen) atoms. The molecule has 7 nitrogen and oxygen atoms in total. The van der Waals surface area contributed by atoms with Crippen molar-refractivity contribution in [2.45, 2.75) is 33.7 Å². The highest BCUT2D eigenvalue weighted by Gasteiger charge is 2.17. The summed E-state index contributed by atoms with van der Waals surface area (Å²) in [5.41, 5.74) is 4.01. The van der Waals surface area contributed by atoms with E-state index in [4.69, 9.17) is 0 Å². The normalized spacial score (nSPS) is 11.1. The average molecular weight is 326 g/mol. The number of nitro groups is 1. The molecule has 0 spiro atoms. The Bertz CT molecular complexity index is 947. The van der Waals surface area contributed by atoms with Gasteiger partial charge in [-0.15, -0.1) is 0 Å². The highest BCUT2D eigenvalue weighted by atomic mass is 16.6. The van der Waals surface area contributed by atoms with Gasteiger partial charge in [-0.2, -0.15) is 0 Å². The third kappa shape index (κ3) is 2.68. The van der Waals surface area contributed by atoms with Crippen molar-refractivity contribution in [3.05, 3.63) is 57.0 Å². The fourth-order valence-corrected chi connectivity index (χ4v) is 2.88. The van der Waals surface area contributed by atoms with Gasteiger partial charge in [0, 0.05) is 18.2 Å². The first-order valence-corrected chi connectivity index (χ1v) is 7.70. The SMILES string of the molecule is CCc1nc2c(C)cc(C)nc2n1Cc1ccc(O)c([N+](=O)[O-])c1. The first kappa shape index (κ1) is 15.9. The number of phenols is 1. The van der Waals surface area contributed by atoms with Gasteiger partial charge in [-0.25, -0.2) is 9.97 Å². The van der Waals surface area contributed by atoms with Gasteiger partial charge in [0.25, 0.3) is 0 Å². The van der Waals surface area contributed by atoms with Gasteiger partial charge in [0.15, 0.2) is 11.4 Å². The van der Waals surface area contributed by atoms with Crippen LogP contribution in [0, 0.1) is 24.0 Å². The smallest absolute Gasteiger partial charge is 0.311 e. The largest absolute Gasteiger partial charge is 0.502 e. The zero-order valence-electron chi connectivity index (χ0n) is 13.8. The standard InChI is InChI=1S/C17H18N4O3/c1-4-15-19-16-10(2)7-11(3)18-17(16)20(15)9-12-5-6-14(22)13(8-12)21(23)24/h5-8,22H,4,9H2,1-3H3. The number of phenolic OH excluding ortho intramolecular Hbond substituents is 1. The Balaban J connectivity index is 2.13. The van der Waals surface area contributed by atoms with Crippen LogP contribution >= 0.6 is 0 Å². The molecule has 3 aromatic rings. The van der Waals surface area contributed by atoms with E-state index in [1.807, 2.05) is 31.4 Å². The predicted molar refractivity (Wildman–Crippen MR) is 90.2 cm³/mol. The first-order valence-electron chi connectivity index (χ1n) is 7.70. The van der Waals surface area contributed by atoms with Crippen LogP contribution in [-0.2, 0) is 13.0 Å². The maximum Gasteiger partial charge on any atom is 0.311 e. The fourth-order valence-electron chi connectivity index (χ4n) is 2.88. The van der Waals surface area contributed by atoms with E-state index >= 15 is 0 Å². The molecule has 3 rings (SSSR count). The Hall–Kier alpha value is -2.96. The number of rotatable bonds is 4. The summed E-state index contributed by atoms with van der Waals surface area (Å²) in [6.45, 7) is 6.36. The van der Waals surface area contributed by atoms with Gasteiger partial charge in [-0.3, -0.25) is 10.1 Å². The second-order valence-corrected chi connectivity index (χ2v) is 5.80. The van der Waals surface area contributed by atoms with E-state index in [-0.39, 0.29) is 11.4 Å². The summed E-state index contributed by atoms with van der Waals surface area (Å²) in [7, 11) is 0. The lowest BCUT2D eigenvalue weighted by molar-refractivity contribution is -0.385. The molecule has 1 aromatic carbocycles. The lowest BCUT2D eigenvalue weighted by atomic mass is 10.2. The van der Waals surface area contributed by atoms with Crippen molar-refractivity contribution >= 4 is 16.9 Å². The van der Waals surface area contributed by atoms with E-state index in [1.54, 1.807) is 6.07 Å². The molecule has 0 atom stereocenters. The van der Waals surface area contributed by atoms with Crippen molar-refractivity contribution in [3.63, 3.8) is 0 Å². The maximum absolute atomic E-state index is 11.0. The van der Waals surface area contributed by atoms with Crippen LogP contribution in [0.4, 0.5) is 5.69 Å². The second kappa shape index (κ2) is 5.92. The number of aryl methyl sites for hydroxylation is 3. The van der Waals surface area contributed by atoms with Crippen molar-refractivity contribution in [1.29, 1.82) is 0 Å². The molecule has 0 unspecified atom stereocenters. The molecule has 2 heterocycles.